The van der Waals surface area contributed by atoms with Crippen molar-refractivity contribution in [2.75, 3.05) is 0 Å². The predicted molar refractivity (Wildman–Crippen MR) is 76.1 cm³/mol. The van der Waals surface area contributed by atoms with Gasteiger partial charge in [-0.2, -0.15) is 0 Å². The van der Waals surface area contributed by atoms with Crippen LogP contribution in [0.2, 0.25) is 0 Å². The number of ketones is 1. The summed E-state index contributed by atoms with van der Waals surface area (Å²) in [4.78, 5) is 17.0. The van der Waals surface area contributed by atoms with Crippen LogP contribution < -0.4 is 0 Å². The molecule has 1 aromatic carbocycles. The molecule has 0 fully saturated rings. The van der Waals surface area contributed by atoms with Crippen LogP contribution in [0.5, 0.6) is 0 Å². The number of carbonyl (C=O) groups excluding carboxylic acids is 1. The zero-order valence-electron chi connectivity index (χ0n) is 11.3. The first kappa shape index (κ1) is 12.1. The molecular weight excluding hydrogens is 234 g/mol. The van der Waals surface area contributed by atoms with E-state index in [9.17, 15) is 4.79 Å². The summed E-state index contributed by atoms with van der Waals surface area (Å²) in [5, 5.41) is 0. The van der Waals surface area contributed by atoms with Crippen molar-refractivity contribution in [1.29, 1.82) is 0 Å². The van der Waals surface area contributed by atoms with Crippen LogP contribution in [0.15, 0.2) is 42.5 Å². The van der Waals surface area contributed by atoms with Gasteiger partial charge >= 0.3 is 0 Å². The molecule has 96 valence electrons. The number of Topliss-reactive ketones (excluding diaryl/α,β-unsaturated/α-hetero) is 1. The normalized spacial score (nSPS) is 17.1. The lowest BCUT2D eigenvalue weighted by molar-refractivity contribution is 0.0809. The van der Waals surface area contributed by atoms with E-state index in [-0.39, 0.29) is 11.2 Å². The highest BCUT2D eigenvalue weighted by atomic mass is 16.1. The van der Waals surface area contributed by atoms with Gasteiger partial charge in [0.15, 0.2) is 5.78 Å². The Bertz CT molecular complexity index is 629. The summed E-state index contributed by atoms with van der Waals surface area (Å²) < 4.78 is 0. The average Bonchev–Trinajstić information content (AvgIpc) is 2.44. The molecule has 2 aromatic rings. The summed E-state index contributed by atoms with van der Waals surface area (Å²) in [6, 6.07) is 14.0. The fraction of sp³-hybridized carbons (Fsp3) is 0.294. The van der Waals surface area contributed by atoms with Gasteiger partial charge in [-0.15, -0.1) is 0 Å². The molecule has 1 aliphatic carbocycles. The maximum absolute atomic E-state index is 12.3. The highest BCUT2D eigenvalue weighted by Gasteiger charge is 2.34. The van der Waals surface area contributed by atoms with Crippen molar-refractivity contribution < 1.29 is 4.79 Å². The molecule has 1 aromatic heterocycles. The van der Waals surface area contributed by atoms with Gasteiger partial charge in [-0.3, -0.25) is 9.78 Å². The zero-order chi connectivity index (χ0) is 13.5. The predicted octanol–water partition coefficient (Wildman–Crippen LogP) is 3.90. The summed E-state index contributed by atoms with van der Waals surface area (Å²) >= 11 is 0. The van der Waals surface area contributed by atoms with Gasteiger partial charge in [0.1, 0.15) is 0 Å². The quantitative estimate of drug-likeness (QED) is 0.769. The van der Waals surface area contributed by atoms with E-state index >= 15 is 0 Å². The SMILES string of the molecule is CC1(C)CCc2nc(-c3ccccc3)ccc2C1=O. The molecular formula is C17H17NO. The van der Waals surface area contributed by atoms with Crippen molar-refractivity contribution in [3.8, 4) is 11.3 Å². The lowest BCUT2D eigenvalue weighted by Gasteiger charge is -2.29. The van der Waals surface area contributed by atoms with Crippen molar-refractivity contribution in [2.45, 2.75) is 26.7 Å². The van der Waals surface area contributed by atoms with Crippen LogP contribution in [-0.4, -0.2) is 10.8 Å². The van der Waals surface area contributed by atoms with Gasteiger partial charge in [0.05, 0.1) is 11.4 Å². The summed E-state index contributed by atoms with van der Waals surface area (Å²) in [6.45, 7) is 4.03. The third-order valence-electron chi connectivity index (χ3n) is 3.89. The summed E-state index contributed by atoms with van der Waals surface area (Å²) in [7, 11) is 0. The first-order valence-corrected chi connectivity index (χ1v) is 6.68. The minimum absolute atomic E-state index is 0.223. The van der Waals surface area contributed by atoms with Gasteiger partial charge in [-0.05, 0) is 25.0 Å². The fourth-order valence-electron chi connectivity index (χ4n) is 2.58. The average molecular weight is 251 g/mol. The monoisotopic (exact) mass is 251 g/mol. The summed E-state index contributed by atoms with van der Waals surface area (Å²) in [5.74, 6) is 0.223. The van der Waals surface area contributed by atoms with E-state index in [1.54, 1.807) is 0 Å². The van der Waals surface area contributed by atoms with Crippen molar-refractivity contribution in [1.82, 2.24) is 4.98 Å². The van der Waals surface area contributed by atoms with Gasteiger partial charge in [-0.1, -0.05) is 44.2 Å². The lowest BCUT2D eigenvalue weighted by Crippen LogP contribution is -2.31. The number of rotatable bonds is 1. The second-order valence-electron chi connectivity index (χ2n) is 5.77. The van der Waals surface area contributed by atoms with Crippen LogP contribution in [-0.2, 0) is 6.42 Å². The molecule has 0 atom stereocenters. The van der Waals surface area contributed by atoms with E-state index in [0.717, 1.165) is 35.4 Å². The number of hydrogen-bond donors (Lipinski definition) is 0. The van der Waals surface area contributed by atoms with Gasteiger partial charge in [-0.25, -0.2) is 0 Å². The number of aromatic nitrogens is 1. The zero-order valence-corrected chi connectivity index (χ0v) is 11.3. The van der Waals surface area contributed by atoms with Crippen LogP contribution in [0.3, 0.4) is 0 Å². The fourth-order valence-corrected chi connectivity index (χ4v) is 2.58. The number of fused-ring (bicyclic) bond motifs is 1. The molecule has 19 heavy (non-hydrogen) atoms. The molecule has 0 spiro atoms. The number of carbonyl (C=O) groups is 1. The Balaban J connectivity index is 2.05. The molecule has 3 rings (SSSR count). The van der Waals surface area contributed by atoms with Gasteiger partial charge < -0.3 is 0 Å². The standard InChI is InChI=1S/C17H17NO/c1-17(2)11-10-15-13(16(17)19)8-9-14(18-15)12-6-4-3-5-7-12/h3-9H,10-11H2,1-2H3. The molecule has 0 aliphatic heterocycles. The highest BCUT2D eigenvalue weighted by Crippen LogP contribution is 2.34. The molecule has 0 bridgehead atoms. The maximum Gasteiger partial charge on any atom is 0.170 e. The molecule has 0 unspecified atom stereocenters. The van der Waals surface area contributed by atoms with Crippen LogP contribution in [0.4, 0.5) is 0 Å². The number of benzene rings is 1. The number of hydrogen-bond acceptors (Lipinski definition) is 2. The molecule has 0 radical (unpaired) electrons. The van der Waals surface area contributed by atoms with Crippen LogP contribution in [0.1, 0.15) is 36.3 Å². The first-order valence-electron chi connectivity index (χ1n) is 6.68. The molecule has 0 saturated heterocycles. The molecule has 1 heterocycles. The van der Waals surface area contributed by atoms with Crippen molar-refractivity contribution >= 4 is 5.78 Å². The van der Waals surface area contributed by atoms with E-state index in [1.807, 2.05) is 56.3 Å². The molecule has 0 saturated carbocycles. The number of nitrogens with zero attached hydrogens (tertiary/aromatic N) is 1. The van der Waals surface area contributed by atoms with Crippen molar-refractivity contribution in [3.05, 3.63) is 53.7 Å². The lowest BCUT2D eigenvalue weighted by atomic mass is 9.75. The van der Waals surface area contributed by atoms with Gasteiger partial charge in [0, 0.05) is 16.5 Å². The Hall–Kier alpha value is -1.96. The van der Waals surface area contributed by atoms with Crippen LogP contribution in [0, 0.1) is 5.41 Å². The van der Waals surface area contributed by atoms with E-state index in [0.29, 0.717) is 0 Å². The molecule has 2 nitrogen and oxygen atoms in total. The van der Waals surface area contributed by atoms with E-state index in [4.69, 9.17) is 0 Å². The Kier molecular flexibility index (Phi) is 2.74. The Labute approximate surface area is 113 Å². The van der Waals surface area contributed by atoms with Crippen LogP contribution in [0.25, 0.3) is 11.3 Å². The Morgan fingerprint density at radius 3 is 2.53 bits per heavy atom. The minimum atomic E-state index is -0.247. The van der Waals surface area contributed by atoms with Crippen molar-refractivity contribution in [3.63, 3.8) is 0 Å². The molecule has 0 N–H and O–H groups in total. The molecule has 0 amide bonds. The second-order valence-corrected chi connectivity index (χ2v) is 5.77. The summed E-state index contributed by atoms with van der Waals surface area (Å²) in [6.07, 6.45) is 1.76. The van der Waals surface area contributed by atoms with Crippen molar-refractivity contribution in [2.24, 2.45) is 5.41 Å². The number of pyridine rings is 1. The Morgan fingerprint density at radius 1 is 1.05 bits per heavy atom. The molecule has 2 heteroatoms. The van der Waals surface area contributed by atoms with Gasteiger partial charge in [0.2, 0.25) is 0 Å². The van der Waals surface area contributed by atoms with E-state index in [2.05, 4.69) is 4.98 Å². The largest absolute Gasteiger partial charge is 0.294 e. The molecule has 1 aliphatic rings. The third kappa shape index (κ3) is 2.07. The number of aryl methyl sites for hydroxylation is 1. The highest BCUT2D eigenvalue weighted by molar-refractivity contribution is 6.02. The van der Waals surface area contributed by atoms with E-state index < -0.39 is 0 Å². The second kappa shape index (κ2) is 4.30. The first-order chi connectivity index (χ1) is 9.08. The summed E-state index contributed by atoms with van der Waals surface area (Å²) in [5.41, 5.74) is 3.55. The van der Waals surface area contributed by atoms with E-state index in [1.165, 1.54) is 0 Å². The Morgan fingerprint density at radius 2 is 1.79 bits per heavy atom. The third-order valence-corrected chi connectivity index (χ3v) is 3.89. The maximum atomic E-state index is 12.3. The topological polar surface area (TPSA) is 30.0 Å². The van der Waals surface area contributed by atoms with Gasteiger partial charge in [0.25, 0.3) is 0 Å². The minimum Gasteiger partial charge on any atom is -0.294 e. The smallest absolute Gasteiger partial charge is 0.170 e. The van der Waals surface area contributed by atoms with Crippen LogP contribution >= 0.6 is 0 Å².